The van der Waals surface area contributed by atoms with Crippen LogP contribution in [0.5, 0.6) is 0 Å². The Labute approximate surface area is 127 Å². The van der Waals surface area contributed by atoms with E-state index in [2.05, 4.69) is 13.8 Å². The molecule has 0 radical (unpaired) electrons. The standard InChI is InChI=1S/C13H23O.2C2H5.Al/c14-13(11-7-3-1-4-8-11)12-9-5-2-6-10-12;2*1-2;/h11-13H,1-10H2;2*1H2,2H3;/q-1;;;+1. The summed E-state index contributed by atoms with van der Waals surface area (Å²) in [5.41, 5.74) is 0. The molecule has 2 fully saturated rings. The van der Waals surface area contributed by atoms with Gasteiger partial charge in [0, 0.05) is 0 Å². The third-order valence-electron chi connectivity index (χ3n) is 4.81. The normalized spacial score (nSPS) is 21.7. The van der Waals surface area contributed by atoms with Crippen LogP contribution in [-0.2, 0) is 0 Å². The summed E-state index contributed by atoms with van der Waals surface area (Å²) < 4.78 is 0. The second-order valence-corrected chi connectivity index (χ2v) is 8.58. The van der Waals surface area contributed by atoms with Gasteiger partial charge in [0.25, 0.3) is 0 Å². The summed E-state index contributed by atoms with van der Waals surface area (Å²) in [5, 5.41) is 15.1. The first-order valence-corrected chi connectivity index (χ1v) is 10.4. The summed E-state index contributed by atoms with van der Waals surface area (Å²) in [5.74, 6) is 1.07. The molecule has 0 unspecified atom stereocenters. The minimum absolute atomic E-state index is 0.212. The van der Waals surface area contributed by atoms with Gasteiger partial charge in [-0.3, -0.25) is 0 Å². The maximum atomic E-state index is 12.2. The molecule has 2 saturated carbocycles. The van der Waals surface area contributed by atoms with E-state index >= 15 is 0 Å². The Morgan fingerprint density at radius 1 is 0.789 bits per heavy atom. The van der Waals surface area contributed by atoms with Crippen LogP contribution < -0.4 is 5.11 Å². The molecule has 0 saturated heterocycles. The molecule has 0 amide bonds. The molecule has 2 rings (SSSR count). The molecule has 110 valence electrons. The quantitative estimate of drug-likeness (QED) is 0.698. The van der Waals surface area contributed by atoms with Gasteiger partial charge < -0.3 is 5.11 Å². The van der Waals surface area contributed by atoms with Crippen LogP contribution in [0.2, 0.25) is 10.6 Å². The Hall–Kier alpha value is 0.492. The largest absolute Gasteiger partial charge is 0.852 e. The van der Waals surface area contributed by atoms with Crippen LogP contribution in [0.1, 0.15) is 78.1 Å². The maximum Gasteiger partial charge on any atom is -0.0515 e. The summed E-state index contributed by atoms with van der Waals surface area (Å²) in [6.07, 6.45) is 12.7. The van der Waals surface area contributed by atoms with Crippen LogP contribution in [0.15, 0.2) is 0 Å². The first-order valence-electron chi connectivity index (χ1n) is 8.77. The van der Waals surface area contributed by atoms with Crippen LogP contribution in [-0.4, -0.2) is 21.3 Å². The number of rotatable bonds is 4. The van der Waals surface area contributed by atoms with Gasteiger partial charge in [-0.2, -0.15) is 0 Å². The van der Waals surface area contributed by atoms with Gasteiger partial charge in [0.05, 0.1) is 0 Å². The summed E-state index contributed by atoms with van der Waals surface area (Å²) in [6, 6.07) is 0. The van der Waals surface area contributed by atoms with Crippen molar-refractivity contribution >= 4 is 15.2 Å². The fourth-order valence-corrected chi connectivity index (χ4v) is 4.18. The molecule has 0 aliphatic heterocycles. The fourth-order valence-electron chi connectivity index (χ4n) is 3.60. The zero-order chi connectivity index (χ0) is 13.9. The van der Waals surface area contributed by atoms with Crippen LogP contribution >= 0.6 is 0 Å². The zero-order valence-corrected chi connectivity index (χ0v) is 14.4. The molecule has 0 N–H and O–H groups in total. The summed E-state index contributed by atoms with van der Waals surface area (Å²) in [7, 11) is 0. The maximum absolute atomic E-state index is 12.2. The molecule has 19 heavy (non-hydrogen) atoms. The summed E-state index contributed by atoms with van der Waals surface area (Å²) in [6.45, 7) is 4.50. The van der Waals surface area contributed by atoms with Crippen molar-refractivity contribution in [2.45, 2.75) is 94.7 Å². The predicted molar refractivity (Wildman–Crippen MR) is 83.7 cm³/mol. The molecule has 0 aromatic heterocycles. The molecule has 0 aromatic rings. The third kappa shape index (κ3) is 7.17. The average molecular weight is 280 g/mol. The molecule has 2 heteroatoms. The minimum atomic E-state index is -0.212. The smallest absolute Gasteiger partial charge is 0.0515 e. The van der Waals surface area contributed by atoms with Crippen molar-refractivity contribution < 1.29 is 5.11 Å². The molecule has 0 atom stereocenters. The van der Waals surface area contributed by atoms with E-state index in [1.807, 2.05) is 0 Å². The number of hydrogen-bond acceptors (Lipinski definition) is 1. The van der Waals surface area contributed by atoms with Crippen molar-refractivity contribution in [1.82, 2.24) is 0 Å². The molecule has 2 aliphatic carbocycles. The molecule has 0 heterocycles. The first-order chi connectivity index (χ1) is 9.29. The van der Waals surface area contributed by atoms with Crippen molar-refractivity contribution in [2.24, 2.45) is 11.8 Å². The Bertz CT molecular complexity index is 175. The van der Waals surface area contributed by atoms with Crippen LogP contribution in [0, 0.1) is 11.8 Å². The van der Waals surface area contributed by atoms with Gasteiger partial charge in [-0.1, -0.05) is 76.0 Å². The zero-order valence-electron chi connectivity index (χ0n) is 13.2. The van der Waals surface area contributed by atoms with Crippen molar-refractivity contribution in [3.05, 3.63) is 0 Å². The van der Waals surface area contributed by atoms with Crippen molar-refractivity contribution in [1.29, 1.82) is 0 Å². The average Bonchev–Trinajstić information content (AvgIpc) is 2.50. The van der Waals surface area contributed by atoms with E-state index < -0.39 is 0 Å². The molecule has 0 bridgehead atoms. The van der Waals surface area contributed by atoms with Gasteiger partial charge >= 0.3 is 39.6 Å². The summed E-state index contributed by atoms with van der Waals surface area (Å²) in [4.78, 5) is 0. The Kier molecular flexibility index (Phi) is 10.3. The van der Waals surface area contributed by atoms with E-state index in [-0.39, 0.29) is 6.10 Å². The van der Waals surface area contributed by atoms with Crippen LogP contribution in [0.3, 0.4) is 0 Å². The van der Waals surface area contributed by atoms with Crippen molar-refractivity contribution in [3.8, 4) is 0 Å². The molecular weight excluding hydrogens is 247 g/mol. The Morgan fingerprint density at radius 2 is 1.16 bits per heavy atom. The second-order valence-electron chi connectivity index (χ2n) is 6.37. The number of hydrogen-bond donors (Lipinski definition) is 0. The molecule has 0 aromatic carbocycles. The van der Waals surface area contributed by atoms with Crippen LogP contribution in [0.25, 0.3) is 0 Å². The molecule has 1 nitrogen and oxygen atoms in total. The van der Waals surface area contributed by atoms with Gasteiger partial charge in [0.2, 0.25) is 0 Å². The minimum Gasteiger partial charge on any atom is -0.852 e. The molecular formula is C17H33AlO. The van der Waals surface area contributed by atoms with E-state index in [0.717, 1.165) is 15.2 Å². The monoisotopic (exact) mass is 280 g/mol. The topological polar surface area (TPSA) is 23.1 Å². The van der Waals surface area contributed by atoms with E-state index in [0.29, 0.717) is 11.8 Å². The SMILES string of the molecule is C[CH2][Al+][CH2]C.[O-]C(C1CCCCC1)C1CCCCC1. The van der Waals surface area contributed by atoms with Gasteiger partial charge in [-0.25, -0.2) is 0 Å². The third-order valence-corrected chi connectivity index (χ3v) is 5.96. The predicted octanol–water partition coefficient (Wildman–Crippen LogP) is 4.44. The fraction of sp³-hybridized carbons (Fsp3) is 1.00. The Morgan fingerprint density at radius 3 is 1.42 bits per heavy atom. The van der Waals surface area contributed by atoms with E-state index in [1.54, 1.807) is 0 Å². The van der Waals surface area contributed by atoms with Gasteiger partial charge in [-0.15, -0.1) is 6.10 Å². The van der Waals surface area contributed by atoms with E-state index in [1.165, 1.54) is 74.8 Å². The van der Waals surface area contributed by atoms with Gasteiger partial charge in [-0.05, 0) is 0 Å². The first kappa shape index (κ1) is 17.5. The molecule has 2 aliphatic rings. The Balaban J connectivity index is 0.000000312. The van der Waals surface area contributed by atoms with Crippen molar-refractivity contribution in [3.63, 3.8) is 0 Å². The van der Waals surface area contributed by atoms with Crippen molar-refractivity contribution in [2.75, 3.05) is 0 Å². The van der Waals surface area contributed by atoms with E-state index in [4.69, 9.17) is 0 Å². The van der Waals surface area contributed by atoms with Gasteiger partial charge in [0.15, 0.2) is 0 Å². The molecule has 0 spiro atoms. The van der Waals surface area contributed by atoms with E-state index in [9.17, 15) is 5.11 Å². The summed E-state index contributed by atoms with van der Waals surface area (Å²) >= 11 is 0.815. The van der Waals surface area contributed by atoms with Crippen LogP contribution in [0.4, 0.5) is 0 Å². The second kappa shape index (κ2) is 11.2. The van der Waals surface area contributed by atoms with Gasteiger partial charge in [0.1, 0.15) is 0 Å².